The van der Waals surface area contributed by atoms with Crippen molar-refractivity contribution in [2.24, 2.45) is 0 Å². The van der Waals surface area contributed by atoms with Gasteiger partial charge in [0.25, 0.3) is 21.8 Å². The lowest BCUT2D eigenvalue weighted by atomic mass is 9.84. The molecule has 3 aromatic rings. The fourth-order valence-electron chi connectivity index (χ4n) is 3.84. The van der Waals surface area contributed by atoms with Gasteiger partial charge in [-0.25, -0.2) is 13.1 Å². The highest BCUT2D eigenvalue weighted by atomic mass is 32.2. The number of aryl methyl sites for hydroxylation is 2. The Morgan fingerprint density at radius 1 is 1.00 bits per heavy atom. The Balaban J connectivity index is 1.50. The lowest BCUT2D eigenvalue weighted by Crippen LogP contribution is -2.67. The van der Waals surface area contributed by atoms with Crippen LogP contribution < -0.4 is 4.72 Å². The summed E-state index contributed by atoms with van der Waals surface area (Å²) in [6, 6.07) is 20.5. The molecule has 0 saturated carbocycles. The molecule has 1 unspecified atom stereocenters. The van der Waals surface area contributed by atoms with E-state index in [1.807, 2.05) is 30.3 Å². The van der Waals surface area contributed by atoms with Crippen molar-refractivity contribution in [3.05, 3.63) is 88.8 Å². The summed E-state index contributed by atoms with van der Waals surface area (Å²) in [4.78, 5) is 27.8. The quantitative estimate of drug-likeness (QED) is 0.574. The number of hydrogen-bond donors (Lipinski definition) is 1. The fraction of sp³-hybridized carbons (Fsp3) is 0.250. The van der Waals surface area contributed by atoms with E-state index in [9.17, 15) is 18.0 Å². The number of benzene rings is 2. The first-order valence-corrected chi connectivity index (χ1v) is 12.7. The maximum atomic E-state index is 13.4. The molecule has 6 nitrogen and oxygen atoms in total. The molecule has 4 rings (SSSR count). The highest BCUT2D eigenvalue weighted by Crippen LogP contribution is 2.33. The Hall–Kier alpha value is -2.97. The monoisotopic (exact) mass is 468 g/mol. The Kier molecular flexibility index (Phi) is 6.17. The molecule has 1 aliphatic heterocycles. The maximum Gasteiger partial charge on any atom is 0.273 e. The van der Waals surface area contributed by atoms with Gasteiger partial charge < -0.3 is 4.90 Å². The molecule has 8 heteroatoms. The van der Waals surface area contributed by atoms with E-state index in [-0.39, 0.29) is 10.1 Å². The molecule has 1 N–H and O–H groups in total. The summed E-state index contributed by atoms with van der Waals surface area (Å²) in [7, 11) is -3.96. The first-order valence-electron chi connectivity index (χ1n) is 10.4. The molecule has 0 bridgehead atoms. The second-order valence-corrected chi connectivity index (χ2v) is 10.8. The second-order valence-electron chi connectivity index (χ2n) is 7.99. The van der Waals surface area contributed by atoms with Crippen LogP contribution in [0, 0.1) is 0 Å². The minimum atomic E-state index is -3.96. The van der Waals surface area contributed by atoms with Gasteiger partial charge in [0.2, 0.25) is 0 Å². The van der Waals surface area contributed by atoms with Gasteiger partial charge in [-0.05, 0) is 54.8 Å². The average Bonchev–Trinajstić information content (AvgIpc) is 3.33. The van der Waals surface area contributed by atoms with Crippen LogP contribution in [-0.2, 0) is 27.7 Å². The first-order chi connectivity index (χ1) is 15.3. The summed E-state index contributed by atoms with van der Waals surface area (Å²) >= 11 is 1.03. The van der Waals surface area contributed by atoms with Gasteiger partial charge in [0.15, 0.2) is 0 Å². The zero-order valence-electron chi connectivity index (χ0n) is 17.7. The number of amides is 2. The van der Waals surface area contributed by atoms with Crippen molar-refractivity contribution in [1.29, 1.82) is 0 Å². The number of sulfonamides is 1. The summed E-state index contributed by atoms with van der Waals surface area (Å²) in [5.41, 5.74) is 1.42. The van der Waals surface area contributed by atoms with Crippen LogP contribution in [0.3, 0.4) is 0 Å². The lowest BCUT2D eigenvalue weighted by molar-refractivity contribution is -0.135. The Morgan fingerprint density at radius 3 is 2.38 bits per heavy atom. The van der Waals surface area contributed by atoms with Crippen LogP contribution in [0.4, 0.5) is 0 Å². The van der Waals surface area contributed by atoms with E-state index >= 15 is 0 Å². The molecular weight excluding hydrogens is 444 g/mol. The van der Waals surface area contributed by atoms with Crippen LogP contribution in [0.15, 0.2) is 76.3 Å². The third-order valence-electron chi connectivity index (χ3n) is 5.91. The molecule has 1 aromatic heterocycles. The average molecular weight is 469 g/mol. The van der Waals surface area contributed by atoms with E-state index in [4.69, 9.17) is 0 Å². The van der Waals surface area contributed by atoms with E-state index in [0.29, 0.717) is 24.9 Å². The van der Waals surface area contributed by atoms with Crippen molar-refractivity contribution in [1.82, 2.24) is 9.62 Å². The number of nitrogens with one attached hydrogen (secondary N) is 1. The standard InChI is InChI=1S/C24H24N2O4S2/c1-24(23(28)25-32(29,30)21-12-7-17-31-21)15-16-26(24)22(27)20-11-6-5-10-19(20)14-13-18-8-3-2-4-9-18/h2-12,17H,13-16H2,1H3,(H,25,28). The SMILES string of the molecule is CC1(C(=O)NS(=O)(=O)c2cccs2)CCN1C(=O)c1ccccc1CCc1ccccc1. The normalized spacial score (nSPS) is 18.1. The van der Waals surface area contributed by atoms with Crippen molar-refractivity contribution >= 4 is 33.2 Å². The summed E-state index contributed by atoms with van der Waals surface area (Å²) in [6.07, 6.45) is 1.88. The van der Waals surface area contributed by atoms with Crippen molar-refractivity contribution in [2.45, 2.75) is 35.9 Å². The van der Waals surface area contributed by atoms with Crippen LogP contribution in [0.5, 0.6) is 0 Å². The van der Waals surface area contributed by atoms with E-state index in [0.717, 1.165) is 23.3 Å². The third kappa shape index (κ3) is 4.33. The zero-order valence-corrected chi connectivity index (χ0v) is 19.3. The lowest BCUT2D eigenvalue weighted by Gasteiger charge is -2.49. The summed E-state index contributed by atoms with van der Waals surface area (Å²) in [5.74, 6) is -0.946. The molecule has 2 aromatic carbocycles. The van der Waals surface area contributed by atoms with Gasteiger partial charge in [-0.3, -0.25) is 9.59 Å². The predicted octanol–water partition coefficient (Wildman–Crippen LogP) is 3.64. The van der Waals surface area contributed by atoms with E-state index in [1.54, 1.807) is 30.5 Å². The topological polar surface area (TPSA) is 83.6 Å². The van der Waals surface area contributed by atoms with Gasteiger partial charge in [0.1, 0.15) is 9.75 Å². The fourth-order valence-corrected chi connectivity index (χ4v) is 5.90. The number of hydrogen-bond acceptors (Lipinski definition) is 5. The summed E-state index contributed by atoms with van der Waals surface area (Å²) in [6.45, 7) is 2.01. The highest BCUT2D eigenvalue weighted by molar-refractivity contribution is 7.92. The Labute approximate surface area is 191 Å². The largest absolute Gasteiger partial charge is 0.324 e. The molecule has 32 heavy (non-hydrogen) atoms. The molecule has 0 radical (unpaired) electrons. The molecule has 2 heterocycles. The number of nitrogens with zero attached hydrogens (tertiary/aromatic N) is 1. The molecule has 2 amide bonds. The van der Waals surface area contributed by atoms with Crippen LogP contribution in [0.25, 0.3) is 0 Å². The van der Waals surface area contributed by atoms with Crippen molar-refractivity contribution in [2.75, 3.05) is 6.54 Å². The first kappa shape index (κ1) is 22.2. The summed E-state index contributed by atoms with van der Waals surface area (Å²) in [5, 5.41) is 1.63. The van der Waals surface area contributed by atoms with Crippen molar-refractivity contribution in [3.63, 3.8) is 0 Å². The number of carbonyl (C=O) groups excluding carboxylic acids is 2. The van der Waals surface area contributed by atoms with E-state index in [1.165, 1.54) is 16.5 Å². The minimum Gasteiger partial charge on any atom is -0.324 e. The highest BCUT2D eigenvalue weighted by Gasteiger charge is 2.51. The third-order valence-corrected chi connectivity index (χ3v) is 8.64. The number of thiophene rings is 1. The second kappa shape index (κ2) is 8.88. The van der Waals surface area contributed by atoms with Crippen LogP contribution in [0.2, 0.25) is 0 Å². The van der Waals surface area contributed by atoms with Gasteiger partial charge in [-0.15, -0.1) is 11.3 Å². The molecule has 1 atom stereocenters. The molecule has 0 spiro atoms. The van der Waals surface area contributed by atoms with E-state index in [2.05, 4.69) is 16.9 Å². The smallest absolute Gasteiger partial charge is 0.273 e. The minimum absolute atomic E-state index is 0.0675. The predicted molar refractivity (Wildman–Crippen MR) is 124 cm³/mol. The number of rotatable bonds is 7. The van der Waals surface area contributed by atoms with Gasteiger partial charge in [-0.2, -0.15) is 0 Å². The van der Waals surface area contributed by atoms with Gasteiger partial charge in [0, 0.05) is 12.1 Å². The van der Waals surface area contributed by atoms with Crippen molar-refractivity contribution in [3.8, 4) is 0 Å². The van der Waals surface area contributed by atoms with Crippen LogP contribution in [0.1, 0.15) is 34.8 Å². The zero-order chi connectivity index (χ0) is 22.8. The molecule has 1 saturated heterocycles. The van der Waals surface area contributed by atoms with Crippen LogP contribution >= 0.6 is 11.3 Å². The van der Waals surface area contributed by atoms with Gasteiger partial charge >= 0.3 is 0 Å². The summed E-state index contributed by atoms with van der Waals surface area (Å²) < 4.78 is 27.2. The number of likely N-dealkylation sites (tertiary alicyclic amines) is 1. The van der Waals surface area contributed by atoms with Crippen LogP contribution in [-0.4, -0.2) is 37.2 Å². The maximum absolute atomic E-state index is 13.4. The molecule has 166 valence electrons. The molecule has 0 aliphatic carbocycles. The van der Waals surface area contributed by atoms with Gasteiger partial charge in [0.05, 0.1) is 0 Å². The molecular formula is C24H24N2O4S2. The molecule has 1 fully saturated rings. The Bertz CT molecular complexity index is 1220. The van der Waals surface area contributed by atoms with Crippen molar-refractivity contribution < 1.29 is 18.0 Å². The molecule has 1 aliphatic rings. The van der Waals surface area contributed by atoms with E-state index < -0.39 is 21.5 Å². The Morgan fingerprint density at radius 2 is 1.72 bits per heavy atom. The number of carbonyl (C=O) groups is 2. The van der Waals surface area contributed by atoms with Gasteiger partial charge in [-0.1, -0.05) is 54.6 Å².